The van der Waals surface area contributed by atoms with Gasteiger partial charge in [-0.05, 0) is 17.7 Å². The Morgan fingerprint density at radius 3 is 2.70 bits per heavy atom. The Labute approximate surface area is 135 Å². The molecule has 5 nitrogen and oxygen atoms in total. The molecule has 0 saturated heterocycles. The van der Waals surface area contributed by atoms with E-state index in [0.717, 1.165) is 31.0 Å². The van der Waals surface area contributed by atoms with Crippen LogP contribution in [0, 0.1) is 11.3 Å². The molecular weight excluding hydrogens is 286 g/mol. The lowest BCUT2D eigenvalue weighted by Crippen LogP contribution is -2.11. The van der Waals surface area contributed by atoms with Crippen molar-refractivity contribution in [3.8, 4) is 6.07 Å². The molecule has 114 valence electrons. The number of rotatable bonds is 6. The SMILES string of the molecule is N#Cc1ccc(NCCc2nccn2Cc2ccccc2)cn1. The number of nitrogens with zero attached hydrogens (tertiary/aromatic N) is 4. The minimum atomic E-state index is 0.425. The molecule has 0 aliphatic carbocycles. The maximum Gasteiger partial charge on any atom is 0.140 e. The number of aromatic nitrogens is 3. The molecule has 3 aromatic rings. The maximum atomic E-state index is 8.74. The van der Waals surface area contributed by atoms with Crippen LogP contribution in [0.15, 0.2) is 61.1 Å². The molecule has 2 aromatic heterocycles. The highest BCUT2D eigenvalue weighted by Crippen LogP contribution is 2.08. The van der Waals surface area contributed by atoms with Crippen LogP contribution in [0.25, 0.3) is 0 Å². The van der Waals surface area contributed by atoms with E-state index in [2.05, 4.69) is 32.0 Å². The van der Waals surface area contributed by atoms with E-state index in [1.165, 1.54) is 5.56 Å². The molecule has 0 saturated carbocycles. The van der Waals surface area contributed by atoms with Gasteiger partial charge in [-0.3, -0.25) is 0 Å². The summed E-state index contributed by atoms with van der Waals surface area (Å²) in [6, 6.07) is 15.9. The third kappa shape index (κ3) is 3.95. The fourth-order valence-corrected chi connectivity index (χ4v) is 2.38. The first kappa shape index (κ1) is 14.8. The molecule has 0 unspecified atom stereocenters. The van der Waals surface area contributed by atoms with Gasteiger partial charge in [0.1, 0.15) is 17.6 Å². The highest BCUT2D eigenvalue weighted by atomic mass is 15.1. The number of nitriles is 1. The van der Waals surface area contributed by atoms with E-state index in [4.69, 9.17) is 5.26 Å². The fraction of sp³-hybridized carbons (Fsp3) is 0.167. The second-order valence-corrected chi connectivity index (χ2v) is 5.18. The largest absolute Gasteiger partial charge is 0.383 e. The Bertz CT molecular complexity index is 784. The van der Waals surface area contributed by atoms with Crippen molar-refractivity contribution >= 4 is 5.69 Å². The first-order valence-corrected chi connectivity index (χ1v) is 7.49. The summed E-state index contributed by atoms with van der Waals surface area (Å²) < 4.78 is 2.16. The summed E-state index contributed by atoms with van der Waals surface area (Å²) in [6.45, 7) is 1.59. The van der Waals surface area contributed by atoms with E-state index in [9.17, 15) is 0 Å². The van der Waals surface area contributed by atoms with Crippen LogP contribution in [-0.4, -0.2) is 21.1 Å². The molecule has 5 heteroatoms. The predicted molar refractivity (Wildman–Crippen MR) is 88.9 cm³/mol. The fourth-order valence-electron chi connectivity index (χ4n) is 2.38. The third-order valence-electron chi connectivity index (χ3n) is 3.55. The summed E-state index contributed by atoms with van der Waals surface area (Å²) in [5.74, 6) is 1.04. The van der Waals surface area contributed by atoms with Crippen LogP contribution < -0.4 is 5.32 Å². The lowest BCUT2D eigenvalue weighted by Gasteiger charge is -2.09. The van der Waals surface area contributed by atoms with Crippen LogP contribution in [-0.2, 0) is 13.0 Å². The van der Waals surface area contributed by atoms with Crippen LogP contribution >= 0.6 is 0 Å². The van der Waals surface area contributed by atoms with Crippen molar-refractivity contribution in [3.63, 3.8) is 0 Å². The summed E-state index contributed by atoms with van der Waals surface area (Å²) in [6.07, 6.45) is 6.34. The van der Waals surface area contributed by atoms with E-state index in [-0.39, 0.29) is 0 Å². The van der Waals surface area contributed by atoms with Crippen LogP contribution in [0.1, 0.15) is 17.1 Å². The normalized spacial score (nSPS) is 10.2. The molecule has 0 fully saturated rings. The lowest BCUT2D eigenvalue weighted by molar-refractivity contribution is 0.723. The number of hydrogen-bond donors (Lipinski definition) is 1. The number of anilines is 1. The molecule has 0 spiro atoms. The Morgan fingerprint density at radius 1 is 1.09 bits per heavy atom. The van der Waals surface area contributed by atoms with Gasteiger partial charge >= 0.3 is 0 Å². The van der Waals surface area contributed by atoms with Crippen LogP contribution in [0.4, 0.5) is 5.69 Å². The van der Waals surface area contributed by atoms with Crippen LogP contribution in [0.2, 0.25) is 0 Å². The topological polar surface area (TPSA) is 66.5 Å². The molecule has 0 amide bonds. The molecule has 0 bridgehead atoms. The monoisotopic (exact) mass is 303 g/mol. The predicted octanol–water partition coefficient (Wildman–Crippen LogP) is 2.85. The van der Waals surface area contributed by atoms with Crippen molar-refractivity contribution in [3.05, 3.63) is 78.1 Å². The number of pyridine rings is 1. The smallest absolute Gasteiger partial charge is 0.140 e. The van der Waals surface area contributed by atoms with Gasteiger partial charge < -0.3 is 9.88 Å². The van der Waals surface area contributed by atoms with Gasteiger partial charge in [0.25, 0.3) is 0 Å². The van der Waals surface area contributed by atoms with Gasteiger partial charge in [0.05, 0.1) is 11.9 Å². The third-order valence-corrected chi connectivity index (χ3v) is 3.55. The quantitative estimate of drug-likeness (QED) is 0.760. The molecule has 1 N–H and O–H groups in total. The number of hydrogen-bond acceptors (Lipinski definition) is 4. The van der Waals surface area contributed by atoms with Crippen LogP contribution in [0.5, 0.6) is 0 Å². The Morgan fingerprint density at radius 2 is 1.96 bits per heavy atom. The van der Waals surface area contributed by atoms with E-state index >= 15 is 0 Å². The molecule has 3 rings (SSSR count). The zero-order chi connectivity index (χ0) is 15.9. The lowest BCUT2D eigenvalue weighted by atomic mass is 10.2. The number of nitrogens with one attached hydrogen (secondary N) is 1. The first-order valence-electron chi connectivity index (χ1n) is 7.49. The second kappa shape index (κ2) is 7.23. The summed E-state index contributed by atoms with van der Waals surface area (Å²) in [4.78, 5) is 8.48. The number of benzene rings is 1. The van der Waals surface area contributed by atoms with Gasteiger partial charge in [0.2, 0.25) is 0 Å². The van der Waals surface area contributed by atoms with Gasteiger partial charge in [-0.15, -0.1) is 0 Å². The van der Waals surface area contributed by atoms with Crippen molar-refractivity contribution in [1.82, 2.24) is 14.5 Å². The molecule has 0 aliphatic rings. The first-order chi connectivity index (χ1) is 11.3. The van der Waals surface area contributed by atoms with Crippen molar-refractivity contribution in [2.24, 2.45) is 0 Å². The summed E-state index contributed by atoms with van der Waals surface area (Å²) in [5.41, 5.74) is 2.59. The Kier molecular flexibility index (Phi) is 4.65. The highest BCUT2D eigenvalue weighted by molar-refractivity contribution is 5.42. The summed E-state index contributed by atoms with van der Waals surface area (Å²) >= 11 is 0. The standard InChI is InChI=1S/C18H17N5/c19-12-16-6-7-17(13-22-16)20-9-8-18-21-10-11-23(18)14-15-4-2-1-3-5-15/h1-7,10-11,13,20H,8-9,14H2. The molecule has 0 radical (unpaired) electrons. The minimum absolute atomic E-state index is 0.425. The summed E-state index contributed by atoms with van der Waals surface area (Å²) in [5, 5.41) is 12.0. The molecule has 1 aromatic carbocycles. The molecular formula is C18H17N5. The van der Waals surface area contributed by atoms with Crippen molar-refractivity contribution in [2.45, 2.75) is 13.0 Å². The van der Waals surface area contributed by atoms with Gasteiger partial charge in [-0.1, -0.05) is 30.3 Å². The molecule has 0 atom stereocenters. The van der Waals surface area contributed by atoms with Gasteiger partial charge in [-0.2, -0.15) is 5.26 Å². The molecule has 23 heavy (non-hydrogen) atoms. The van der Waals surface area contributed by atoms with Crippen molar-refractivity contribution in [1.29, 1.82) is 5.26 Å². The van der Waals surface area contributed by atoms with Gasteiger partial charge in [0, 0.05) is 31.9 Å². The van der Waals surface area contributed by atoms with E-state index in [1.807, 2.05) is 42.7 Å². The maximum absolute atomic E-state index is 8.74. The molecule has 2 heterocycles. The van der Waals surface area contributed by atoms with E-state index < -0.39 is 0 Å². The summed E-state index contributed by atoms with van der Waals surface area (Å²) in [7, 11) is 0. The Hall–Kier alpha value is -3.13. The zero-order valence-corrected chi connectivity index (χ0v) is 12.7. The van der Waals surface area contributed by atoms with Crippen molar-refractivity contribution in [2.75, 3.05) is 11.9 Å². The Balaban J connectivity index is 1.56. The van der Waals surface area contributed by atoms with Gasteiger partial charge in [0.15, 0.2) is 0 Å². The van der Waals surface area contributed by atoms with Crippen LogP contribution in [0.3, 0.4) is 0 Å². The average molecular weight is 303 g/mol. The van der Waals surface area contributed by atoms with Crippen molar-refractivity contribution < 1.29 is 0 Å². The molecule has 0 aliphatic heterocycles. The van der Waals surface area contributed by atoms with E-state index in [0.29, 0.717) is 5.69 Å². The zero-order valence-electron chi connectivity index (χ0n) is 12.7. The van der Waals surface area contributed by atoms with Gasteiger partial charge in [-0.25, -0.2) is 9.97 Å². The number of imidazole rings is 1. The highest BCUT2D eigenvalue weighted by Gasteiger charge is 2.03. The minimum Gasteiger partial charge on any atom is -0.383 e. The average Bonchev–Trinajstić information content (AvgIpc) is 3.03. The van der Waals surface area contributed by atoms with E-state index in [1.54, 1.807) is 12.3 Å². The second-order valence-electron chi connectivity index (χ2n) is 5.18.